The Morgan fingerprint density at radius 1 is 1.05 bits per heavy atom. The Hall–Kier alpha value is -0.200. The number of hydrogen-bond donors (Lipinski definition) is 3. The van der Waals surface area contributed by atoms with Crippen LogP contribution in [-0.4, -0.2) is 66.2 Å². The second-order valence-corrected chi connectivity index (χ2v) is 6.41. The third-order valence-corrected chi connectivity index (χ3v) is 4.76. The molecule has 0 bridgehead atoms. The minimum Gasteiger partial charge on any atom is -0.390 e. The fourth-order valence-electron chi connectivity index (χ4n) is 3.25. The third-order valence-electron chi connectivity index (χ3n) is 4.76. The monoisotopic (exact) mass is 286 g/mol. The molecule has 20 heavy (non-hydrogen) atoms. The lowest BCUT2D eigenvalue weighted by molar-refractivity contribution is -0.0327. The van der Waals surface area contributed by atoms with Crippen LogP contribution in [0.15, 0.2) is 0 Å². The molecule has 0 aromatic heterocycles. The highest BCUT2D eigenvalue weighted by Gasteiger charge is 2.24. The molecule has 1 heterocycles. The van der Waals surface area contributed by atoms with E-state index in [2.05, 4.69) is 4.90 Å². The minimum atomic E-state index is -0.640. The maximum Gasteiger partial charge on any atom is 0.0925 e. The van der Waals surface area contributed by atoms with E-state index in [0.717, 1.165) is 45.6 Å². The van der Waals surface area contributed by atoms with Gasteiger partial charge in [0.05, 0.1) is 25.4 Å². The fraction of sp³-hybridized carbons (Fsp3) is 1.00. The van der Waals surface area contributed by atoms with Gasteiger partial charge < -0.3 is 20.7 Å². The molecule has 0 radical (unpaired) electrons. The highest BCUT2D eigenvalue weighted by Crippen LogP contribution is 2.27. The van der Waals surface area contributed by atoms with Gasteiger partial charge in [-0.05, 0) is 44.4 Å². The molecule has 5 heteroatoms. The molecule has 4 N–H and O–H groups in total. The van der Waals surface area contributed by atoms with Crippen LogP contribution in [-0.2, 0) is 4.74 Å². The maximum atomic E-state index is 10.1. The van der Waals surface area contributed by atoms with Crippen molar-refractivity contribution in [1.29, 1.82) is 0 Å². The fourth-order valence-corrected chi connectivity index (χ4v) is 3.25. The van der Waals surface area contributed by atoms with Gasteiger partial charge >= 0.3 is 0 Å². The molecule has 1 saturated heterocycles. The first-order valence-corrected chi connectivity index (χ1v) is 8.07. The lowest BCUT2D eigenvalue weighted by atomic mass is 9.83. The summed E-state index contributed by atoms with van der Waals surface area (Å²) in [6.45, 7) is 3.71. The number of morpholine rings is 1. The molecule has 2 unspecified atom stereocenters. The zero-order valence-electron chi connectivity index (χ0n) is 12.4. The number of nitrogens with two attached hydrogens (primary N) is 1. The predicted molar refractivity (Wildman–Crippen MR) is 78.4 cm³/mol. The molecule has 2 aliphatic rings. The van der Waals surface area contributed by atoms with Crippen molar-refractivity contribution in [3.05, 3.63) is 0 Å². The quantitative estimate of drug-likeness (QED) is 0.656. The van der Waals surface area contributed by atoms with Crippen LogP contribution >= 0.6 is 0 Å². The van der Waals surface area contributed by atoms with E-state index in [-0.39, 0.29) is 0 Å². The van der Waals surface area contributed by atoms with E-state index in [4.69, 9.17) is 10.5 Å². The molecule has 0 spiro atoms. The predicted octanol–water partition coefficient (Wildman–Crippen LogP) is 0.338. The van der Waals surface area contributed by atoms with Gasteiger partial charge in [0.2, 0.25) is 0 Å². The number of aliphatic hydroxyl groups excluding tert-OH is 2. The highest BCUT2D eigenvalue weighted by atomic mass is 16.5. The van der Waals surface area contributed by atoms with Gasteiger partial charge in [0.25, 0.3) is 0 Å². The second-order valence-electron chi connectivity index (χ2n) is 6.41. The zero-order valence-corrected chi connectivity index (χ0v) is 12.4. The number of ether oxygens (including phenoxy) is 1. The molecule has 5 nitrogen and oxygen atoms in total. The van der Waals surface area contributed by atoms with Crippen molar-refractivity contribution in [2.24, 2.45) is 11.7 Å². The largest absolute Gasteiger partial charge is 0.390 e. The first kappa shape index (κ1) is 16.2. The molecule has 1 aliphatic carbocycles. The summed E-state index contributed by atoms with van der Waals surface area (Å²) < 4.78 is 5.28. The third kappa shape index (κ3) is 5.30. The summed E-state index contributed by atoms with van der Waals surface area (Å²) in [5.41, 5.74) is 5.90. The molecule has 2 fully saturated rings. The lowest BCUT2D eigenvalue weighted by Gasteiger charge is -2.31. The summed E-state index contributed by atoms with van der Waals surface area (Å²) >= 11 is 0. The Morgan fingerprint density at radius 3 is 2.35 bits per heavy atom. The topological polar surface area (TPSA) is 79.0 Å². The maximum absolute atomic E-state index is 10.1. The summed E-state index contributed by atoms with van der Waals surface area (Å²) in [5.74, 6) is 0.681. The van der Waals surface area contributed by atoms with Crippen LogP contribution in [0.2, 0.25) is 0 Å². The molecule has 2 atom stereocenters. The first-order valence-electron chi connectivity index (χ1n) is 8.07. The van der Waals surface area contributed by atoms with E-state index in [1.54, 1.807) is 0 Å². The molecule has 2 rings (SSSR count). The molecule has 0 amide bonds. The molecule has 0 aromatic carbocycles. The van der Waals surface area contributed by atoms with Crippen LogP contribution in [0, 0.1) is 5.92 Å². The number of hydrogen-bond acceptors (Lipinski definition) is 5. The van der Waals surface area contributed by atoms with Gasteiger partial charge in [0.1, 0.15) is 0 Å². The zero-order chi connectivity index (χ0) is 14.4. The van der Waals surface area contributed by atoms with Crippen molar-refractivity contribution in [3.63, 3.8) is 0 Å². The van der Waals surface area contributed by atoms with E-state index in [0.29, 0.717) is 24.9 Å². The summed E-state index contributed by atoms with van der Waals surface area (Å²) in [6.07, 6.45) is 5.03. The van der Waals surface area contributed by atoms with E-state index in [1.807, 2.05) is 0 Å². The number of nitrogens with zero attached hydrogens (tertiary/aromatic N) is 1. The Kier molecular flexibility index (Phi) is 6.71. The highest BCUT2D eigenvalue weighted by molar-refractivity contribution is 4.78. The van der Waals surface area contributed by atoms with Crippen LogP contribution < -0.4 is 5.73 Å². The lowest BCUT2D eigenvalue weighted by Crippen LogP contribution is -2.44. The van der Waals surface area contributed by atoms with Gasteiger partial charge in [0.15, 0.2) is 0 Å². The molecule has 0 aromatic rings. The Balaban J connectivity index is 1.61. The SMILES string of the molecule is NC1CCC(CCC(O)C(O)CN2CCOCC2)CC1. The first-order chi connectivity index (χ1) is 9.65. The van der Waals surface area contributed by atoms with Crippen molar-refractivity contribution in [2.45, 2.75) is 56.8 Å². The Morgan fingerprint density at radius 2 is 1.70 bits per heavy atom. The molecule has 118 valence electrons. The smallest absolute Gasteiger partial charge is 0.0925 e. The average molecular weight is 286 g/mol. The Labute approximate surface area is 122 Å². The van der Waals surface area contributed by atoms with E-state index in [1.165, 1.54) is 12.8 Å². The summed E-state index contributed by atoms with van der Waals surface area (Å²) in [4.78, 5) is 2.16. The van der Waals surface area contributed by atoms with E-state index in [9.17, 15) is 10.2 Å². The van der Waals surface area contributed by atoms with Crippen LogP contribution in [0.1, 0.15) is 38.5 Å². The number of β-amino-alcohol motifs (C(OH)–C–C–N with tert-alkyl or cyclic N) is 1. The van der Waals surface area contributed by atoms with Crippen molar-refractivity contribution >= 4 is 0 Å². The van der Waals surface area contributed by atoms with Gasteiger partial charge in [-0.15, -0.1) is 0 Å². The standard InChI is InChI=1S/C15H30N2O3/c16-13-4-1-12(2-5-13)3-6-14(18)15(19)11-17-7-9-20-10-8-17/h12-15,18-19H,1-11,16H2. The second kappa shape index (κ2) is 8.29. The number of aliphatic hydroxyl groups is 2. The van der Waals surface area contributed by atoms with E-state index >= 15 is 0 Å². The van der Waals surface area contributed by atoms with Crippen LogP contribution in [0.5, 0.6) is 0 Å². The molecule has 1 saturated carbocycles. The van der Waals surface area contributed by atoms with Gasteiger partial charge in [-0.1, -0.05) is 0 Å². The normalized spacial score (nSPS) is 31.9. The van der Waals surface area contributed by atoms with Gasteiger partial charge in [-0.3, -0.25) is 4.90 Å². The van der Waals surface area contributed by atoms with Crippen molar-refractivity contribution in [1.82, 2.24) is 4.90 Å². The van der Waals surface area contributed by atoms with Crippen LogP contribution in [0.25, 0.3) is 0 Å². The van der Waals surface area contributed by atoms with Crippen molar-refractivity contribution in [2.75, 3.05) is 32.8 Å². The van der Waals surface area contributed by atoms with Crippen molar-refractivity contribution < 1.29 is 14.9 Å². The van der Waals surface area contributed by atoms with Gasteiger partial charge in [0, 0.05) is 25.7 Å². The van der Waals surface area contributed by atoms with Crippen molar-refractivity contribution in [3.8, 4) is 0 Å². The molecule has 1 aliphatic heterocycles. The summed E-state index contributed by atoms with van der Waals surface area (Å²) in [7, 11) is 0. The Bertz CT molecular complexity index is 264. The van der Waals surface area contributed by atoms with Crippen LogP contribution in [0.4, 0.5) is 0 Å². The summed E-state index contributed by atoms with van der Waals surface area (Å²) in [5, 5.41) is 20.2. The van der Waals surface area contributed by atoms with Gasteiger partial charge in [-0.2, -0.15) is 0 Å². The molecular formula is C15H30N2O3. The van der Waals surface area contributed by atoms with E-state index < -0.39 is 12.2 Å². The molecular weight excluding hydrogens is 256 g/mol. The minimum absolute atomic E-state index is 0.378. The summed E-state index contributed by atoms with van der Waals surface area (Å²) in [6, 6.07) is 0.378. The van der Waals surface area contributed by atoms with Crippen LogP contribution in [0.3, 0.4) is 0 Å². The number of rotatable bonds is 6. The van der Waals surface area contributed by atoms with Gasteiger partial charge in [-0.25, -0.2) is 0 Å². The average Bonchev–Trinajstić information content (AvgIpc) is 2.47.